The van der Waals surface area contributed by atoms with E-state index in [4.69, 9.17) is 8.22 Å². The molecule has 0 heterocycles. The summed E-state index contributed by atoms with van der Waals surface area (Å²) in [4.78, 5) is 0. The Kier molecular flexibility index (Phi) is 4.98. The maximum Gasteiger partial charge on any atom is 0.0591 e. The van der Waals surface area contributed by atoms with Gasteiger partial charge in [-0.05, 0) is 100 Å². The van der Waals surface area contributed by atoms with Crippen LogP contribution in [-0.4, -0.2) is 21.9 Å². The maximum atomic E-state index is 10.6. The Morgan fingerprint density at radius 2 is 2.07 bits per heavy atom. The SMILES string of the molecule is [2H]C([2H])([2H])C(O)(CCC[C@@H](C)[C@H]1CC[C@H]2C(=C/C=C3/C[C@@H](O)CCC3=C)CCC[C@]12C)C([2H])([2H])[2H]. The van der Waals surface area contributed by atoms with Gasteiger partial charge in [0.05, 0.1) is 11.7 Å². The van der Waals surface area contributed by atoms with Crippen LogP contribution in [0, 0.1) is 23.2 Å². The molecule has 0 spiro atoms. The summed E-state index contributed by atoms with van der Waals surface area (Å²) in [5.41, 5.74) is 1.32. The standard InChI is InChI=1S/C27H44O2/c1-19-10-13-23(28)18-22(19)12-11-21-9-7-17-27(5)24(14-15-25(21)27)20(2)8-6-16-26(3,4)29/h11-12,20,23-25,28-29H,1,6-10,13-18H2,2-5H3/b21-11?,22-12-/t20-,23+,24-,25+,27-/m1/s1/i3D3,4D3. The van der Waals surface area contributed by atoms with Gasteiger partial charge in [0, 0.05) is 8.22 Å². The van der Waals surface area contributed by atoms with Crippen molar-refractivity contribution in [3.05, 3.63) is 35.5 Å². The molecule has 3 rings (SSSR count). The molecule has 0 saturated heterocycles. The molecule has 3 fully saturated rings. The summed E-state index contributed by atoms with van der Waals surface area (Å²) in [7, 11) is 0. The molecule has 3 aliphatic carbocycles. The number of aliphatic hydroxyl groups excluding tert-OH is 1. The fraction of sp³-hybridized carbons (Fsp3) is 0.778. The summed E-state index contributed by atoms with van der Waals surface area (Å²) < 4.78 is 45.6. The Morgan fingerprint density at radius 1 is 1.28 bits per heavy atom. The van der Waals surface area contributed by atoms with Crippen molar-refractivity contribution in [3.8, 4) is 0 Å². The van der Waals surface area contributed by atoms with E-state index in [0.717, 1.165) is 44.1 Å². The van der Waals surface area contributed by atoms with Crippen molar-refractivity contribution in [2.24, 2.45) is 23.2 Å². The number of hydrogen-bond acceptors (Lipinski definition) is 2. The molecule has 2 N–H and O–H groups in total. The van der Waals surface area contributed by atoms with Crippen LogP contribution < -0.4 is 0 Å². The van der Waals surface area contributed by atoms with Gasteiger partial charge in [-0.2, -0.15) is 0 Å². The molecular weight excluding hydrogens is 356 g/mol. The lowest BCUT2D eigenvalue weighted by Gasteiger charge is -2.44. The van der Waals surface area contributed by atoms with Gasteiger partial charge >= 0.3 is 0 Å². The summed E-state index contributed by atoms with van der Waals surface area (Å²) in [6.07, 6.45) is 13.1. The van der Waals surface area contributed by atoms with Crippen LogP contribution in [0.15, 0.2) is 35.5 Å². The van der Waals surface area contributed by atoms with Crippen LogP contribution in [0.4, 0.5) is 0 Å². The molecule has 0 aromatic heterocycles. The highest BCUT2D eigenvalue weighted by molar-refractivity contribution is 5.36. The third-order valence-electron chi connectivity index (χ3n) is 8.11. The quantitative estimate of drug-likeness (QED) is 0.513. The first-order valence-electron chi connectivity index (χ1n) is 14.6. The van der Waals surface area contributed by atoms with Crippen molar-refractivity contribution in [2.75, 3.05) is 0 Å². The lowest BCUT2D eigenvalue weighted by Crippen LogP contribution is -2.36. The van der Waals surface area contributed by atoms with Gasteiger partial charge in [-0.3, -0.25) is 0 Å². The summed E-state index contributed by atoms with van der Waals surface area (Å²) in [5, 5.41) is 20.6. The second kappa shape index (κ2) is 9.10. The minimum atomic E-state index is -2.94. The molecule has 0 amide bonds. The molecular formula is C27H44O2. The van der Waals surface area contributed by atoms with Crippen LogP contribution in [0.25, 0.3) is 0 Å². The molecule has 0 aromatic carbocycles. The van der Waals surface area contributed by atoms with E-state index >= 15 is 0 Å². The van der Waals surface area contributed by atoms with Gasteiger partial charge in [0.1, 0.15) is 0 Å². The fourth-order valence-electron chi connectivity index (χ4n) is 6.49. The zero-order chi connectivity index (χ0) is 26.2. The first-order valence-corrected chi connectivity index (χ1v) is 11.6. The topological polar surface area (TPSA) is 40.5 Å². The lowest BCUT2D eigenvalue weighted by molar-refractivity contribution is 0.0596. The molecule has 2 nitrogen and oxygen atoms in total. The smallest absolute Gasteiger partial charge is 0.0591 e. The molecule has 0 aliphatic heterocycles. The molecule has 0 radical (unpaired) electrons. The van der Waals surface area contributed by atoms with Crippen LogP contribution in [0.5, 0.6) is 0 Å². The van der Waals surface area contributed by atoms with Crippen molar-refractivity contribution in [1.29, 1.82) is 0 Å². The van der Waals surface area contributed by atoms with E-state index < -0.39 is 19.3 Å². The van der Waals surface area contributed by atoms with E-state index in [-0.39, 0.29) is 17.9 Å². The van der Waals surface area contributed by atoms with Gasteiger partial charge in [0.25, 0.3) is 0 Å². The van der Waals surface area contributed by atoms with Crippen LogP contribution in [0.2, 0.25) is 0 Å². The molecule has 0 unspecified atom stereocenters. The van der Waals surface area contributed by atoms with Gasteiger partial charge < -0.3 is 10.2 Å². The Morgan fingerprint density at radius 3 is 2.83 bits per heavy atom. The van der Waals surface area contributed by atoms with Crippen LogP contribution >= 0.6 is 0 Å². The van der Waals surface area contributed by atoms with E-state index in [1.54, 1.807) is 0 Å². The highest BCUT2D eigenvalue weighted by Crippen LogP contribution is 2.60. The first kappa shape index (κ1) is 15.9. The number of hydrogen-bond donors (Lipinski definition) is 2. The average molecular weight is 407 g/mol. The second-order valence-corrected chi connectivity index (χ2v) is 10.3. The molecule has 29 heavy (non-hydrogen) atoms. The first-order chi connectivity index (χ1) is 16.1. The van der Waals surface area contributed by atoms with E-state index in [9.17, 15) is 10.2 Å². The number of allylic oxidation sites excluding steroid dienone is 4. The summed E-state index contributed by atoms with van der Waals surface area (Å²) in [6.45, 7) is 2.91. The lowest BCUT2D eigenvalue weighted by atomic mass is 9.60. The molecule has 2 heteroatoms. The Balaban J connectivity index is 1.68. The predicted molar refractivity (Wildman–Crippen MR) is 123 cm³/mol. The average Bonchev–Trinajstić information content (AvgIpc) is 3.10. The Hall–Kier alpha value is -0.860. The van der Waals surface area contributed by atoms with E-state index in [0.29, 0.717) is 37.0 Å². The van der Waals surface area contributed by atoms with Crippen molar-refractivity contribution < 1.29 is 18.4 Å². The highest BCUT2D eigenvalue weighted by atomic mass is 16.3. The summed E-state index contributed by atoms with van der Waals surface area (Å²) in [6, 6.07) is 0. The van der Waals surface area contributed by atoms with Crippen molar-refractivity contribution >= 4 is 0 Å². The molecule has 3 saturated carbocycles. The maximum absolute atomic E-state index is 10.6. The summed E-state index contributed by atoms with van der Waals surface area (Å²) >= 11 is 0. The van der Waals surface area contributed by atoms with Gasteiger partial charge in [-0.1, -0.05) is 56.6 Å². The van der Waals surface area contributed by atoms with Gasteiger partial charge in [-0.25, -0.2) is 0 Å². The van der Waals surface area contributed by atoms with Crippen LogP contribution in [-0.2, 0) is 0 Å². The number of aliphatic hydroxyl groups is 2. The largest absolute Gasteiger partial charge is 0.393 e. The van der Waals surface area contributed by atoms with Crippen molar-refractivity contribution in [2.45, 2.75) is 110 Å². The minimum Gasteiger partial charge on any atom is -0.393 e. The van der Waals surface area contributed by atoms with Gasteiger partial charge in [-0.15, -0.1) is 0 Å². The third-order valence-corrected chi connectivity index (χ3v) is 8.11. The Bertz CT molecular complexity index is 826. The number of fused-ring (bicyclic) bond motifs is 1. The zero-order valence-corrected chi connectivity index (χ0v) is 18.3. The monoisotopic (exact) mass is 406 g/mol. The van der Waals surface area contributed by atoms with E-state index in [1.165, 1.54) is 17.6 Å². The van der Waals surface area contributed by atoms with E-state index in [1.807, 2.05) is 0 Å². The predicted octanol–water partition coefficient (Wildman–Crippen LogP) is 6.73. The highest BCUT2D eigenvalue weighted by Gasteiger charge is 2.50. The molecule has 0 bridgehead atoms. The third kappa shape index (κ3) is 5.44. The van der Waals surface area contributed by atoms with Gasteiger partial charge in [0.2, 0.25) is 0 Å². The van der Waals surface area contributed by atoms with Crippen molar-refractivity contribution in [3.63, 3.8) is 0 Å². The molecule has 3 aliphatic rings. The number of rotatable bonds is 6. The molecule has 164 valence electrons. The van der Waals surface area contributed by atoms with Crippen LogP contribution in [0.1, 0.15) is 106 Å². The zero-order valence-electron chi connectivity index (χ0n) is 24.3. The molecule has 0 aromatic rings. The normalized spacial score (nSPS) is 41.1. The fourth-order valence-corrected chi connectivity index (χ4v) is 6.49. The second-order valence-electron chi connectivity index (χ2n) is 10.3. The van der Waals surface area contributed by atoms with Gasteiger partial charge in [0.15, 0.2) is 0 Å². The van der Waals surface area contributed by atoms with Crippen molar-refractivity contribution in [1.82, 2.24) is 0 Å². The summed E-state index contributed by atoms with van der Waals surface area (Å²) in [5.74, 6) is 1.33. The molecule has 5 atom stereocenters. The van der Waals surface area contributed by atoms with Crippen LogP contribution in [0.3, 0.4) is 0 Å². The minimum absolute atomic E-state index is 0.176. The van der Waals surface area contributed by atoms with E-state index in [2.05, 4.69) is 32.6 Å². The Labute approximate surface area is 187 Å².